The van der Waals surface area contributed by atoms with Gasteiger partial charge in [0.1, 0.15) is 18.1 Å². The van der Waals surface area contributed by atoms with Gasteiger partial charge in [-0.25, -0.2) is 13.1 Å². The standard InChI is InChI=1S/C25H29N3O4S/c29-33(30,27-18-21-4-2-1-3-5-21)20-24-9-6-23(19-26-24)22-7-10-25(11-8-22)32-17-14-28-12-15-31-16-13-28/h1-11,19,27H,12-18,20H2. The minimum atomic E-state index is -3.47. The Balaban J connectivity index is 1.27. The van der Waals surface area contributed by atoms with E-state index >= 15 is 0 Å². The van der Waals surface area contributed by atoms with Crippen LogP contribution in [0.25, 0.3) is 11.1 Å². The van der Waals surface area contributed by atoms with Crippen LogP contribution in [0.15, 0.2) is 72.9 Å². The van der Waals surface area contributed by atoms with Gasteiger partial charge in [-0.05, 0) is 29.3 Å². The molecule has 8 heteroatoms. The van der Waals surface area contributed by atoms with E-state index in [1.54, 1.807) is 12.3 Å². The Morgan fingerprint density at radius 3 is 2.36 bits per heavy atom. The fourth-order valence-corrected chi connectivity index (χ4v) is 4.63. The van der Waals surface area contributed by atoms with Crippen molar-refractivity contribution in [3.8, 4) is 16.9 Å². The first-order valence-corrected chi connectivity index (χ1v) is 12.7. The summed E-state index contributed by atoms with van der Waals surface area (Å²) in [6, 6.07) is 20.9. The molecule has 0 atom stereocenters. The Kier molecular flexibility index (Phi) is 8.06. The van der Waals surface area contributed by atoms with E-state index < -0.39 is 10.0 Å². The van der Waals surface area contributed by atoms with E-state index in [0.717, 1.165) is 55.3 Å². The molecule has 7 nitrogen and oxygen atoms in total. The van der Waals surface area contributed by atoms with Crippen molar-refractivity contribution in [1.29, 1.82) is 0 Å². The van der Waals surface area contributed by atoms with Crippen LogP contribution in [-0.2, 0) is 27.1 Å². The summed E-state index contributed by atoms with van der Waals surface area (Å²) in [4.78, 5) is 6.69. The molecule has 1 aliphatic heterocycles. The van der Waals surface area contributed by atoms with Gasteiger partial charge in [0.15, 0.2) is 0 Å². The molecule has 3 aromatic rings. The molecule has 0 saturated carbocycles. The zero-order chi connectivity index (χ0) is 22.9. The van der Waals surface area contributed by atoms with Crippen molar-refractivity contribution in [3.05, 3.63) is 84.2 Å². The smallest absolute Gasteiger partial charge is 0.217 e. The van der Waals surface area contributed by atoms with Gasteiger partial charge >= 0.3 is 0 Å². The second kappa shape index (κ2) is 11.4. The van der Waals surface area contributed by atoms with E-state index in [9.17, 15) is 8.42 Å². The van der Waals surface area contributed by atoms with Gasteiger partial charge < -0.3 is 9.47 Å². The van der Waals surface area contributed by atoms with E-state index in [-0.39, 0.29) is 12.3 Å². The molecule has 33 heavy (non-hydrogen) atoms. The van der Waals surface area contributed by atoms with Crippen LogP contribution in [0.1, 0.15) is 11.3 Å². The Morgan fingerprint density at radius 2 is 1.67 bits per heavy atom. The second-order valence-corrected chi connectivity index (χ2v) is 9.74. The lowest BCUT2D eigenvalue weighted by atomic mass is 10.1. The maximum Gasteiger partial charge on any atom is 0.217 e. The van der Waals surface area contributed by atoms with Gasteiger partial charge in [-0.2, -0.15) is 0 Å². The van der Waals surface area contributed by atoms with Crippen molar-refractivity contribution in [1.82, 2.24) is 14.6 Å². The number of benzene rings is 2. The van der Waals surface area contributed by atoms with Gasteiger partial charge in [0.2, 0.25) is 10.0 Å². The summed E-state index contributed by atoms with van der Waals surface area (Å²) in [5.74, 6) is 0.669. The summed E-state index contributed by atoms with van der Waals surface area (Å²) in [6.07, 6.45) is 1.70. The highest BCUT2D eigenvalue weighted by atomic mass is 32.2. The first-order valence-electron chi connectivity index (χ1n) is 11.1. The fourth-order valence-electron chi connectivity index (χ4n) is 3.58. The highest BCUT2D eigenvalue weighted by Crippen LogP contribution is 2.22. The molecule has 0 spiro atoms. The number of rotatable bonds is 10. The van der Waals surface area contributed by atoms with Crippen molar-refractivity contribution in [2.75, 3.05) is 39.5 Å². The van der Waals surface area contributed by atoms with E-state index in [4.69, 9.17) is 9.47 Å². The molecule has 1 fully saturated rings. The zero-order valence-corrected chi connectivity index (χ0v) is 19.3. The minimum absolute atomic E-state index is 0.157. The molecule has 0 bridgehead atoms. The van der Waals surface area contributed by atoms with Crippen molar-refractivity contribution >= 4 is 10.0 Å². The van der Waals surface area contributed by atoms with Crippen LogP contribution in [0.5, 0.6) is 5.75 Å². The van der Waals surface area contributed by atoms with Crippen molar-refractivity contribution in [3.63, 3.8) is 0 Å². The Morgan fingerprint density at radius 1 is 0.939 bits per heavy atom. The summed E-state index contributed by atoms with van der Waals surface area (Å²) < 4.78 is 38.6. The van der Waals surface area contributed by atoms with Gasteiger partial charge in [0.05, 0.1) is 18.9 Å². The van der Waals surface area contributed by atoms with Crippen LogP contribution in [0.3, 0.4) is 0 Å². The third-order valence-corrected chi connectivity index (χ3v) is 6.73. The largest absolute Gasteiger partial charge is 0.492 e. The SMILES string of the molecule is O=S(=O)(Cc1ccc(-c2ccc(OCCN3CCOCC3)cc2)cn1)NCc1ccccc1. The third kappa shape index (κ3) is 7.36. The van der Waals surface area contributed by atoms with E-state index in [1.165, 1.54) is 0 Å². The number of hydrogen-bond acceptors (Lipinski definition) is 6. The van der Waals surface area contributed by atoms with Crippen LogP contribution < -0.4 is 9.46 Å². The molecule has 0 aliphatic carbocycles. The molecule has 1 saturated heterocycles. The lowest BCUT2D eigenvalue weighted by molar-refractivity contribution is 0.0322. The summed E-state index contributed by atoms with van der Waals surface area (Å²) >= 11 is 0. The van der Waals surface area contributed by atoms with Gasteiger partial charge in [0, 0.05) is 37.9 Å². The van der Waals surface area contributed by atoms with Crippen LogP contribution in [0.4, 0.5) is 0 Å². The number of ether oxygens (including phenoxy) is 2. The topological polar surface area (TPSA) is 80.8 Å². The van der Waals surface area contributed by atoms with Crippen LogP contribution in [-0.4, -0.2) is 57.8 Å². The number of sulfonamides is 1. The van der Waals surface area contributed by atoms with Crippen molar-refractivity contribution < 1.29 is 17.9 Å². The van der Waals surface area contributed by atoms with Gasteiger partial charge in [-0.3, -0.25) is 9.88 Å². The predicted octanol–water partition coefficient (Wildman–Crippen LogP) is 3.08. The maximum absolute atomic E-state index is 12.4. The number of nitrogens with zero attached hydrogens (tertiary/aromatic N) is 2. The zero-order valence-electron chi connectivity index (χ0n) is 18.5. The molecular formula is C25H29N3O4S. The molecule has 1 aliphatic rings. The number of pyridine rings is 1. The molecule has 0 radical (unpaired) electrons. The Hall–Kier alpha value is -2.78. The molecule has 174 valence electrons. The van der Waals surface area contributed by atoms with Crippen molar-refractivity contribution in [2.45, 2.75) is 12.3 Å². The molecule has 0 unspecified atom stereocenters. The molecular weight excluding hydrogens is 438 g/mol. The van der Waals surface area contributed by atoms with Crippen LogP contribution in [0, 0.1) is 0 Å². The lowest BCUT2D eigenvalue weighted by Crippen LogP contribution is -2.38. The van der Waals surface area contributed by atoms with E-state index in [1.807, 2.05) is 60.7 Å². The number of hydrogen-bond donors (Lipinski definition) is 1. The number of morpholine rings is 1. The molecule has 2 aromatic carbocycles. The minimum Gasteiger partial charge on any atom is -0.492 e. The van der Waals surface area contributed by atoms with Crippen molar-refractivity contribution in [2.24, 2.45) is 0 Å². The number of nitrogens with one attached hydrogen (secondary N) is 1. The van der Waals surface area contributed by atoms with Crippen LogP contribution in [0.2, 0.25) is 0 Å². The van der Waals surface area contributed by atoms with Crippen LogP contribution >= 0.6 is 0 Å². The third-order valence-electron chi connectivity index (χ3n) is 5.47. The first-order chi connectivity index (χ1) is 16.1. The maximum atomic E-state index is 12.4. The summed E-state index contributed by atoms with van der Waals surface area (Å²) in [5, 5.41) is 0. The molecule has 0 amide bonds. The summed E-state index contributed by atoms with van der Waals surface area (Å²) in [5.41, 5.74) is 3.34. The average Bonchev–Trinajstić information content (AvgIpc) is 2.85. The van der Waals surface area contributed by atoms with Gasteiger partial charge in [-0.1, -0.05) is 48.5 Å². The molecule has 1 N–H and O–H groups in total. The molecule has 2 heterocycles. The normalized spacial score (nSPS) is 14.8. The van der Waals surface area contributed by atoms with E-state index in [0.29, 0.717) is 12.3 Å². The quantitative estimate of drug-likeness (QED) is 0.494. The highest BCUT2D eigenvalue weighted by molar-refractivity contribution is 7.88. The second-order valence-electron chi connectivity index (χ2n) is 7.93. The molecule has 4 rings (SSSR count). The van der Waals surface area contributed by atoms with Gasteiger partial charge in [0.25, 0.3) is 0 Å². The monoisotopic (exact) mass is 467 g/mol. The first kappa shape index (κ1) is 23.4. The highest BCUT2D eigenvalue weighted by Gasteiger charge is 2.13. The summed E-state index contributed by atoms with van der Waals surface area (Å²) in [6.45, 7) is 5.28. The Labute approximate surface area is 195 Å². The van der Waals surface area contributed by atoms with Gasteiger partial charge in [-0.15, -0.1) is 0 Å². The Bertz CT molecular complexity index is 1100. The number of aromatic nitrogens is 1. The fraction of sp³-hybridized carbons (Fsp3) is 0.320. The summed E-state index contributed by atoms with van der Waals surface area (Å²) in [7, 11) is -3.47. The average molecular weight is 468 g/mol. The lowest BCUT2D eigenvalue weighted by Gasteiger charge is -2.26. The van der Waals surface area contributed by atoms with E-state index in [2.05, 4.69) is 14.6 Å². The predicted molar refractivity (Wildman–Crippen MR) is 128 cm³/mol. The molecule has 1 aromatic heterocycles.